The second-order valence-corrected chi connectivity index (χ2v) is 5.43. The van der Waals surface area contributed by atoms with E-state index >= 15 is 0 Å². The molecule has 0 bridgehead atoms. The second-order valence-electron chi connectivity index (χ2n) is 5.43. The molecule has 0 saturated heterocycles. The molecule has 3 nitrogen and oxygen atoms in total. The topological polar surface area (TPSA) is 29.9 Å². The van der Waals surface area contributed by atoms with E-state index in [1.807, 2.05) is 18.8 Å². The highest BCUT2D eigenvalue weighted by Crippen LogP contribution is 2.28. The summed E-state index contributed by atoms with van der Waals surface area (Å²) in [6.45, 7) is 9.07. The second kappa shape index (κ2) is 6.20. The maximum absolute atomic E-state index is 4.54. The van der Waals surface area contributed by atoms with Gasteiger partial charge in [0.05, 0.1) is 5.69 Å². The smallest absolute Gasteiger partial charge is 0.0669 e. The number of aryl methyl sites for hydroxylation is 2. The Morgan fingerprint density at radius 2 is 2.00 bits per heavy atom. The van der Waals surface area contributed by atoms with E-state index in [9.17, 15) is 0 Å². The third-order valence-corrected chi connectivity index (χ3v) is 3.33. The highest BCUT2D eigenvalue weighted by atomic mass is 15.3. The molecule has 1 rings (SSSR count). The summed E-state index contributed by atoms with van der Waals surface area (Å²) in [5.41, 5.74) is 2.59. The number of aromatic nitrogens is 2. The summed E-state index contributed by atoms with van der Waals surface area (Å²) >= 11 is 0. The van der Waals surface area contributed by atoms with Crippen molar-refractivity contribution in [3.63, 3.8) is 0 Å². The van der Waals surface area contributed by atoms with Crippen LogP contribution in [0.3, 0.4) is 0 Å². The summed E-state index contributed by atoms with van der Waals surface area (Å²) in [5.74, 6) is 1.37. The molecule has 3 heteroatoms. The molecule has 2 unspecified atom stereocenters. The summed E-state index contributed by atoms with van der Waals surface area (Å²) < 4.78 is 1.93. The molecule has 0 aliphatic carbocycles. The van der Waals surface area contributed by atoms with Crippen molar-refractivity contribution in [2.24, 2.45) is 18.9 Å². The quantitative estimate of drug-likeness (QED) is 0.824. The lowest BCUT2D eigenvalue weighted by atomic mass is 9.88. The van der Waals surface area contributed by atoms with Crippen LogP contribution in [-0.2, 0) is 13.5 Å². The number of nitrogens with one attached hydrogen (secondary N) is 1. The van der Waals surface area contributed by atoms with Gasteiger partial charge in [-0.25, -0.2) is 0 Å². The predicted octanol–water partition coefficient (Wildman–Crippen LogP) is 2.93. The Morgan fingerprint density at radius 1 is 1.35 bits per heavy atom. The molecular formula is C14H27N3. The zero-order chi connectivity index (χ0) is 13.0. The monoisotopic (exact) mass is 237 g/mol. The van der Waals surface area contributed by atoms with Gasteiger partial charge in [-0.1, -0.05) is 27.7 Å². The normalized spacial score (nSPS) is 15.2. The highest BCUT2D eigenvalue weighted by Gasteiger charge is 2.22. The van der Waals surface area contributed by atoms with Crippen molar-refractivity contribution in [2.75, 3.05) is 7.05 Å². The molecule has 1 heterocycles. The third-order valence-electron chi connectivity index (χ3n) is 3.33. The van der Waals surface area contributed by atoms with Crippen LogP contribution in [0.1, 0.15) is 51.4 Å². The SMILES string of the molecule is CCc1nn(C)cc1C(NC)C(C)CC(C)C. The van der Waals surface area contributed by atoms with Crippen LogP contribution in [0.25, 0.3) is 0 Å². The Morgan fingerprint density at radius 3 is 2.47 bits per heavy atom. The van der Waals surface area contributed by atoms with Gasteiger partial charge in [0.2, 0.25) is 0 Å². The fraction of sp³-hybridized carbons (Fsp3) is 0.786. The van der Waals surface area contributed by atoms with Gasteiger partial charge in [-0.3, -0.25) is 4.68 Å². The molecule has 0 saturated carbocycles. The van der Waals surface area contributed by atoms with Crippen molar-refractivity contribution in [1.29, 1.82) is 0 Å². The molecule has 0 aliphatic rings. The van der Waals surface area contributed by atoms with Gasteiger partial charge >= 0.3 is 0 Å². The molecule has 0 fully saturated rings. The summed E-state index contributed by atoms with van der Waals surface area (Å²) in [4.78, 5) is 0. The zero-order valence-corrected chi connectivity index (χ0v) is 12.1. The van der Waals surface area contributed by atoms with E-state index in [4.69, 9.17) is 0 Å². The minimum atomic E-state index is 0.418. The molecule has 2 atom stereocenters. The van der Waals surface area contributed by atoms with Crippen LogP contribution in [0.4, 0.5) is 0 Å². The van der Waals surface area contributed by atoms with E-state index in [1.54, 1.807) is 0 Å². The minimum absolute atomic E-state index is 0.418. The van der Waals surface area contributed by atoms with Gasteiger partial charge < -0.3 is 5.32 Å². The van der Waals surface area contributed by atoms with Gasteiger partial charge in [0.1, 0.15) is 0 Å². The predicted molar refractivity (Wildman–Crippen MR) is 73.0 cm³/mol. The van der Waals surface area contributed by atoms with Crippen LogP contribution in [0.15, 0.2) is 6.20 Å². The van der Waals surface area contributed by atoms with Crippen LogP contribution in [0.5, 0.6) is 0 Å². The van der Waals surface area contributed by atoms with Crippen LogP contribution >= 0.6 is 0 Å². The van der Waals surface area contributed by atoms with E-state index < -0.39 is 0 Å². The molecule has 98 valence electrons. The Kier molecular flexibility index (Phi) is 5.19. The minimum Gasteiger partial charge on any atom is -0.313 e. The standard InChI is InChI=1S/C14H27N3/c1-7-13-12(9-17(6)16-13)14(15-5)11(4)8-10(2)3/h9-11,14-15H,7-8H2,1-6H3. The van der Waals surface area contributed by atoms with Crippen molar-refractivity contribution in [1.82, 2.24) is 15.1 Å². The summed E-state index contributed by atoms with van der Waals surface area (Å²) in [7, 11) is 4.05. The summed E-state index contributed by atoms with van der Waals surface area (Å²) in [6.07, 6.45) is 4.41. The van der Waals surface area contributed by atoms with Crippen molar-refractivity contribution in [3.8, 4) is 0 Å². The van der Waals surface area contributed by atoms with Gasteiger partial charge in [-0.15, -0.1) is 0 Å². The highest BCUT2D eigenvalue weighted by molar-refractivity contribution is 5.22. The lowest BCUT2D eigenvalue weighted by molar-refractivity contribution is 0.342. The first-order valence-corrected chi connectivity index (χ1v) is 6.69. The lowest BCUT2D eigenvalue weighted by Gasteiger charge is -2.25. The van der Waals surface area contributed by atoms with E-state index in [-0.39, 0.29) is 0 Å². The molecule has 0 spiro atoms. The van der Waals surface area contributed by atoms with Gasteiger partial charge in [0.25, 0.3) is 0 Å². The molecular weight excluding hydrogens is 210 g/mol. The summed E-state index contributed by atoms with van der Waals surface area (Å²) in [6, 6.07) is 0.418. The van der Waals surface area contributed by atoms with Crippen LogP contribution in [0, 0.1) is 11.8 Å². The van der Waals surface area contributed by atoms with Gasteiger partial charge in [0.15, 0.2) is 0 Å². The maximum Gasteiger partial charge on any atom is 0.0669 e. The Labute approximate surface area is 106 Å². The Balaban J connectivity index is 2.92. The van der Waals surface area contributed by atoms with Gasteiger partial charge in [0, 0.05) is 24.8 Å². The summed E-state index contributed by atoms with van der Waals surface area (Å²) in [5, 5.41) is 7.99. The first-order valence-electron chi connectivity index (χ1n) is 6.69. The average Bonchev–Trinajstić information content (AvgIpc) is 2.59. The molecule has 0 aliphatic heterocycles. The van der Waals surface area contributed by atoms with E-state index in [2.05, 4.69) is 44.3 Å². The molecule has 1 N–H and O–H groups in total. The Hall–Kier alpha value is -0.830. The molecule has 0 aromatic carbocycles. The van der Waals surface area contributed by atoms with Crippen molar-refractivity contribution in [3.05, 3.63) is 17.5 Å². The zero-order valence-electron chi connectivity index (χ0n) is 12.1. The molecule has 0 amide bonds. The number of hydrogen-bond acceptors (Lipinski definition) is 2. The van der Waals surface area contributed by atoms with Crippen LogP contribution < -0.4 is 5.32 Å². The van der Waals surface area contributed by atoms with E-state index in [0.717, 1.165) is 12.3 Å². The number of nitrogens with zero attached hydrogens (tertiary/aromatic N) is 2. The lowest BCUT2D eigenvalue weighted by Crippen LogP contribution is -2.25. The largest absolute Gasteiger partial charge is 0.313 e. The van der Waals surface area contributed by atoms with Crippen molar-refractivity contribution in [2.45, 2.75) is 46.6 Å². The molecule has 1 aromatic heterocycles. The van der Waals surface area contributed by atoms with Crippen LogP contribution in [-0.4, -0.2) is 16.8 Å². The fourth-order valence-electron chi connectivity index (χ4n) is 2.71. The van der Waals surface area contributed by atoms with Crippen molar-refractivity contribution >= 4 is 0 Å². The Bertz CT molecular complexity index is 341. The van der Waals surface area contributed by atoms with Crippen LogP contribution in [0.2, 0.25) is 0 Å². The molecule has 17 heavy (non-hydrogen) atoms. The fourth-order valence-corrected chi connectivity index (χ4v) is 2.71. The first kappa shape index (κ1) is 14.2. The third kappa shape index (κ3) is 3.56. The number of rotatable bonds is 6. The molecule has 1 aromatic rings. The molecule has 0 radical (unpaired) electrons. The average molecular weight is 237 g/mol. The van der Waals surface area contributed by atoms with Gasteiger partial charge in [-0.2, -0.15) is 5.10 Å². The maximum atomic E-state index is 4.54. The van der Waals surface area contributed by atoms with E-state index in [0.29, 0.717) is 12.0 Å². The number of hydrogen-bond donors (Lipinski definition) is 1. The van der Waals surface area contributed by atoms with Gasteiger partial charge in [-0.05, 0) is 31.7 Å². The van der Waals surface area contributed by atoms with E-state index in [1.165, 1.54) is 17.7 Å². The van der Waals surface area contributed by atoms with Crippen molar-refractivity contribution < 1.29 is 0 Å². The first-order chi connectivity index (χ1) is 7.99.